The van der Waals surface area contributed by atoms with E-state index in [0.29, 0.717) is 6.61 Å². The van der Waals surface area contributed by atoms with Crippen LogP contribution in [0.5, 0.6) is 0 Å². The number of methoxy groups -OCH3 is 1. The molecule has 1 saturated heterocycles. The summed E-state index contributed by atoms with van der Waals surface area (Å²) in [4.78, 5) is 0. The molecule has 3 nitrogen and oxygen atoms in total. The Bertz CT molecular complexity index is 91.8. The summed E-state index contributed by atoms with van der Waals surface area (Å²) in [5, 5.41) is 0. The van der Waals surface area contributed by atoms with E-state index in [1.165, 1.54) is 0 Å². The lowest BCUT2D eigenvalue weighted by Gasteiger charge is -2.26. The highest BCUT2D eigenvalue weighted by Gasteiger charge is 2.21. The average Bonchev–Trinajstić information content (AvgIpc) is 1.89. The van der Waals surface area contributed by atoms with Gasteiger partial charge in [0.25, 0.3) is 0 Å². The fraction of sp³-hybridized carbons (Fsp3) is 1.00. The molecular weight excluding hydrogens is 154 g/mol. The summed E-state index contributed by atoms with van der Waals surface area (Å²) in [5.74, 6) is 0. The number of nitrogens with two attached hydrogens (primary N) is 1. The third-order valence-corrected chi connectivity index (χ3v) is 1.64. The average molecular weight is 168 g/mol. The Morgan fingerprint density at radius 2 is 2.30 bits per heavy atom. The molecule has 0 aromatic rings. The minimum Gasteiger partial charge on any atom is -0.380 e. The molecule has 1 aliphatic heterocycles. The lowest BCUT2D eigenvalue weighted by molar-refractivity contribution is -0.0258. The van der Waals surface area contributed by atoms with Crippen LogP contribution in [-0.2, 0) is 9.47 Å². The van der Waals surface area contributed by atoms with Crippen molar-refractivity contribution >= 4 is 12.4 Å². The zero-order valence-electron chi connectivity index (χ0n) is 6.08. The highest BCUT2D eigenvalue weighted by Crippen LogP contribution is 2.07. The van der Waals surface area contributed by atoms with Crippen LogP contribution >= 0.6 is 12.4 Å². The van der Waals surface area contributed by atoms with E-state index >= 15 is 0 Å². The maximum absolute atomic E-state index is 5.64. The van der Waals surface area contributed by atoms with Crippen LogP contribution in [0.3, 0.4) is 0 Å². The second-order valence-electron chi connectivity index (χ2n) is 2.30. The van der Waals surface area contributed by atoms with Crippen LogP contribution < -0.4 is 5.73 Å². The molecule has 10 heavy (non-hydrogen) atoms. The molecule has 0 bridgehead atoms. The van der Waals surface area contributed by atoms with Crippen molar-refractivity contribution < 1.29 is 9.47 Å². The number of hydrogen-bond donors (Lipinski definition) is 1. The van der Waals surface area contributed by atoms with E-state index in [2.05, 4.69) is 0 Å². The number of hydrogen-bond acceptors (Lipinski definition) is 3. The lowest BCUT2D eigenvalue weighted by atomic mass is 10.1. The van der Waals surface area contributed by atoms with Gasteiger partial charge in [0, 0.05) is 13.7 Å². The van der Waals surface area contributed by atoms with Crippen molar-refractivity contribution in [2.24, 2.45) is 5.73 Å². The minimum atomic E-state index is 0. The first-order valence-corrected chi connectivity index (χ1v) is 3.20. The van der Waals surface area contributed by atoms with E-state index in [0.717, 1.165) is 13.0 Å². The molecule has 1 fully saturated rings. The molecule has 1 heterocycles. The molecule has 0 unspecified atom stereocenters. The third-order valence-electron chi connectivity index (χ3n) is 1.64. The van der Waals surface area contributed by atoms with E-state index in [9.17, 15) is 0 Å². The van der Waals surface area contributed by atoms with Gasteiger partial charge in [0.1, 0.15) is 0 Å². The Morgan fingerprint density at radius 3 is 2.70 bits per heavy atom. The molecule has 0 aromatic heterocycles. The predicted molar refractivity (Wildman–Crippen MR) is 41.5 cm³/mol. The van der Waals surface area contributed by atoms with Gasteiger partial charge in [0.2, 0.25) is 0 Å². The quantitative estimate of drug-likeness (QED) is 0.606. The van der Waals surface area contributed by atoms with Crippen LogP contribution in [-0.4, -0.2) is 32.5 Å². The van der Waals surface area contributed by atoms with Gasteiger partial charge in [-0.3, -0.25) is 0 Å². The van der Waals surface area contributed by atoms with Crippen molar-refractivity contribution in [2.75, 3.05) is 20.3 Å². The summed E-state index contributed by atoms with van der Waals surface area (Å²) in [6.45, 7) is 1.42. The van der Waals surface area contributed by atoms with Crippen LogP contribution in [0.15, 0.2) is 0 Å². The van der Waals surface area contributed by atoms with Crippen LogP contribution in [0.4, 0.5) is 0 Å². The number of ether oxygens (including phenoxy) is 2. The summed E-state index contributed by atoms with van der Waals surface area (Å²) in [6, 6.07) is 0.0729. The summed E-state index contributed by atoms with van der Waals surface area (Å²) in [6.07, 6.45) is 1.14. The fourth-order valence-corrected chi connectivity index (χ4v) is 1.03. The Hall–Kier alpha value is 0.170. The zero-order chi connectivity index (χ0) is 6.69. The van der Waals surface area contributed by atoms with Gasteiger partial charge < -0.3 is 15.2 Å². The lowest BCUT2D eigenvalue weighted by Crippen LogP contribution is -2.44. The molecule has 0 aliphatic carbocycles. The van der Waals surface area contributed by atoms with E-state index in [-0.39, 0.29) is 24.6 Å². The highest BCUT2D eigenvalue weighted by atomic mass is 35.5. The molecule has 0 saturated carbocycles. The Balaban J connectivity index is 0.000000810. The molecule has 4 heteroatoms. The van der Waals surface area contributed by atoms with Gasteiger partial charge in [-0.25, -0.2) is 0 Å². The van der Waals surface area contributed by atoms with Gasteiger partial charge in [0.05, 0.1) is 18.8 Å². The van der Waals surface area contributed by atoms with Gasteiger partial charge >= 0.3 is 0 Å². The van der Waals surface area contributed by atoms with Gasteiger partial charge in [-0.1, -0.05) is 0 Å². The maximum atomic E-state index is 5.64. The highest BCUT2D eigenvalue weighted by molar-refractivity contribution is 5.85. The molecule has 1 rings (SSSR count). The topological polar surface area (TPSA) is 44.5 Å². The second kappa shape index (κ2) is 4.91. The van der Waals surface area contributed by atoms with E-state index in [1.54, 1.807) is 7.11 Å². The Labute approximate surface area is 67.3 Å². The summed E-state index contributed by atoms with van der Waals surface area (Å²) in [7, 11) is 1.69. The Kier molecular flexibility index (Phi) is 4.99. The van der Waals surface area contributed by atoms with Crippen LogP contribution in [0.1, 0.15) is 6.42 Å². The first-order chi connectivity index (χ1) is 4.34. The maximum Gasteiger partial charge on any atom is 0.0766 e. The van der Waals surface area contributed by atoms with E-state index in [1.807, 2.05) is 0 Å². The SMILES string of the molecule is CO[C@H]1CCOC[C@@H]1N.Cl. The van der Waals surface area contributed by atoms with Crippen molar-refractivity contribution in [1.82, 2.24) is 0 Å². The molecule has 0 spiro atoms. The fourth-order valence-electron chi connectivity index (χ4n) is 1.03. The molecule has 0 radical (unpaired) electrons. The smallest absolute Gasteiger partial charge is 0.0766 e. The molecular formula is C6H14ClNO2. The van der Waals surface area contributed by atoms with Gasteiger partial charge in [-0.2, -0.15) is 0 Å². The Morgan fingerprint density at radius 1 is 1.60 bits per heavy atom. The largest absolute Gasteiger partial charge is 0.380 e. The van der Waals surface area contributed by atoms with Crippen LogP contribution in [0, 0.1) is 0 Å². The van der Waals surface area contributed by atoms with Gasteiger partial charge in [0.15, 0.2) is 0 Å². The monoisotopic (exact) mass is 167 g/mol. The van der Waals surface area contributed by atoms with Crippen molar-refractivity contribution in [3.05, 3.63) is 0 Å². The summed E-state index contributed by atoms with van der Waals surface area (Å²) < 4.78 is 10.2. The van der Waals surface area contributed by atoms with Crippen molar-refractivity contribution in [3.63, 3.8) is 0 Å². The number of rotatable bonds is 1. The first kappa shape index (κ1) is 10.2. The standard InChI is InChI=1S/C6H13NO2.ClH/c1-8-6-2-3-9-4-5(6)7;/h5-6H,2-4,7H2,1H3;1H/t5-,6-;/m0./s1. The van der Waals surface area contributed by atoms with Gasteiger partial charge in [-0.05, 0) is 6.42 Å². The third kappa shape index (κ3) is 2.42. The van der Waals surface area contributed by atoms with Crippen molar-refractivity contribution in [1.29, 1.82) is 0 Å². The van der Waals surface area contributed by atoms with Crippen molar-refractivity contribution in [2.45, 2.75) is 18.6 Å². The summed E-state index contributed by atoms with van der Waals surface area (Å²) in [5.41, 5.74) is 5.64. The van der Waals surface area contributed by atoms with Crippen LogP contribution in [0.25, 0.3) is 0 Å². The molecule has 2 atom stereocenters. The number of halogens is 1. The van der Waals surface area contributed by atoms with E-state index < -0.39 is 0 Å². The normalized spacial score (nSPS) is 33.0. The molecule has 1 aliphatic rings. The summed E-state index contributed by atoms with van der Waals surface area (Å²) >= 11 is 0. The van der Waals surface area contributed by atoms with Crippen LogP contribution in [0.2, 0.25) is 0 Å². The second-order valence-corrected chi connectivity index (χ2v) is 2.30. The molecule has 62 valence electrons. The predicted octanol–water partition coefficient (Wildman–Crippen LogP) is 0.171. The van der Waals surface area contributed by atoms with E-state index in [4.69, 9.17) is 15.2 Å². The molecule has 0 amide bonds. The van der Waals surface area contributed by atoms with Crippen molar-refractivity contribution in [3.8, 4) is 0 Å². The minimum absolute atomic E-state index is 0. The van der Waals surface area contributed by atoms with Gasteiger partial charge in [-0.15, -0.1) is 12.4 Å². The molecule has 2 N–H and O–H groups in total. The zero-order valence-corrected chi connectivity index (χ0v) is 6.89. The molecule has 0 aromatic carbocycles. The first-order valence-electron chi connectivity index (χ1n) is 3.20.